The van der Waals surface area contributed by atoms with Crippen molar-refractivity contribution in [2.45, 2.75) is 0 Å². The topological polar surface area (TPSA) is 71.4 Å². The third-order valence-electron chi connectivity index (χ3n) is 1.67. The predicted molar refractivity (Wildman–Crippen MR) is 45.7 cm³/mol. The second kappa shape index (κ2) is 3.08. The fourth-order valence-electron chi connectivity index (χ4n) is 0.999. The van der Waals surface area contributed by atoms with Gasteiger partial charge in [0.1, 0.15) is 12.0 Å². The lowest BCUT2D eigenvalue weighted by Gasteiger charge is -1.93. The fraction of sp³-hybridized carbons (Fsp3) is 0. The Morgan fingerprint density at radius 1 is 1.46 bits per heavy atom. The van der Waals surface area contributed by atoms with Gasteiger partial charge in [0.05, 0.1) is 6.26 Å². The van der Waals surface area contributed by atoms with Crippen molar-refractivity contribution in [3.63, 3.8) is 0 Å². The molecule has 2 heterocycles. The lowest BCUT2D eigenvalue weighted by molar-refractivity contribution is 0.426. The molecule has 13 heavy (non-hydrogen) atoms. The molecule has 2 aromatic heterocycles. The summed E-state index contributed by atoms with van der Waals surface area (Å²) in [5, 5.41) is 21.5. The maximum Gasteiger partial charge on any atom is 0.491 e. The van der Waals surface area contributed by atoms with Crippen molar-refractivity contribution in [2.24, 2.45) is 0 Å². The van der Waals surface area contributed by atoms with Crippen LogP contribution in [0.1, 0.15) is 0 Å². The number of rotatable bonds is 2. The van der Waals surface area contributed by atoms with Crippen molar-refractivity contribution < 1.29 is 14.5 Å². The molecule has 0 saturated heterocycles. The SMILES string of the molecule is OB(O)c1cnn(-c2ccoc2)c1. The average Bonchev–Trinajstić information content (AvgIpc) is 2.75. The van der Waals surface area contributed by atoms with E-state index < -0.39 is 7.12 Å². The highest BCUT2D eigenvalue weighted by Gasteiger charge is 2.13. The molecule has 2 rings (SSSR count). The average molecular weight is 178 g/mol. The molecule has 0 aliphatic carbocycles. The van der Waals surface area contributed by atoms with Crippen molar-refractivity contribution in [2.75, 3.05) is 0 Å². The Morgan fingerprint density at radius 2 is 2.31 bits per heavy atom. The molecule has 0 fully saturated rings. The van der Waals surface area contributed by atoms with Crippen LogP contribution < -0.4 is 5.46 Å². The van der Waals surface area contributed by atoms with Crippen LogP contribution in [0.25, 0.3) is 5.69 Å². The zero-order valence-corrected chi connectivity index (χ0v) is 6.66. The zero-order valence-electron chi connectivity index (χ0n) is 6.66. The van der Waals surface area contributed by atoms with E-state index in [-0.39, 0.29) is 0 Å². The molecule has 0 spiro atoms. The quantitative estimate of drug-likeness (QED) is 0.587. The molecular weight excluding hydrogens is 171 g/mol. The summed E-state index contributed by atoms with van der Waals surface area (Å²) in [5.74, 6) is 0. The largest absolute Gasteiger partial charge is 0.491 e. The van der Waals surface area contributed by atoms with Gasteiger partial charge in [0.15, 0.2) is 0 Å². The molecule has 2 N–H and O–H groups in total. The summed E-state index contributed by atoms with van der Waals surface area (Å²) in [6, 6.07) is 1.72. The van der Waals surface area contributed by atoms with Gasteiger partial charge >= 0.3 is 7.12 Å². The van der Waals surface area contributed by atoms with E-state index in [1.54, 1.807) is 6.07 Å². The predicted octanol–water partition coefficient (Wildman–Crippen LogP) is -0.855. The van der Waals surface area contributed by atoms with Crippen molar-refractivity contribution in [3.05, 3.63) is 31.0 Å². The third-order valence-corrected chi connectivity index (χ3v) is 1.67. The van der Waals surface area contributed by atoms with Crippen LogP contribution in [0.3, 0.4) is 0 Å². The van der Waals surface area contributed by atoms with Crippen LogP contribution in [0.15, 0.2) is 35.4 Å². The van der Waals surface area contributed by atoms with Gasteiger partial charge in [0, 0.05) is 23.9 Å². The van der Waals surface area contributed by atoms with Crippen molar-refractivity contribution >= 4 is 12.6 Å². The summed E-state index contributed by atoms with van der Waals surface area (Å²) in [6.45, 7) is 0. The molecule has 5 nitrogen and oxygen atoms in total. The normalized spacial score (nSPS) is 10.3. The Labute approximate surface area is 74.4 Å². The minimum absolute atomic E-state index is 0.348. The third kappa shape index (κ3) is 1.49. The maximum atomic E-state index is 8.81. The Hall–Kier alpha value is -1.53. The van der Waals surface area contributed by atoms with Crippen LogP contribution in [0, 0.1) is 0 Å². The molecule has 0 bridgehead atoms. The molecule has 0 aromatic carbocycles. The van der Waals surface area contributed by atoms with Crippen LogP contribution in [0.4, 0.5) is 0 Å². The summed E-state index contributed by atoms with van der Waals surface area (Å²) in [7, 11) is -1.49. The van der Waals surface area contributed by atoms with Gasteiger partial charge < -0.3 is 14.5 Å². The molecule has 2 aromatic rings. The number of hydrogen-bond acceptors (Lipinski definition) is 4. The van der Waals surface area contributed by atoms with Crippen LogP contribution in [0.5, 0.6) is 0 Å². The summed E-state index contributed by atoms with van der Waals surface area (Å²) >= 11 is 0. The van der Waals surface area contributed by atoms with E-state index >= 15 is 0 Å². The second-order valence-electron chi connectivity index (χ2n) is 2.57. The van der Waals surface area contributed by atoms with E-state index in [1.165, 1.54) is 29.6 Å². The Morgan fingerprint density at radius 3 is 2.85 bits per heavy atom. The first-order chi connectivity index (χ1) is 6.27. The summed E-state index contributed by atoms with van der Waals surface area (Å²) in [4.78, 5) is 0. The van der Waals surface area contributed by atoms with Crippen LogP contribution in [-0.4, -0.2) is 26.9 Å². The molecule has 0 atom stereocenters. The van der Waals surface area contributed by atoms with Gasteiger partial charge in [-0.05, 0) is 0 Å². The highest BCUT2D eigenvalue weighted by molar-refractivity contribution is 6.58. The number of furan rings is 1. The zero-order chi connectivity index (χ0) is 9.26. The van der Waals surface area contributed by atoms with Crippen molar-refractivity contribution in [1.82, 2.24) is 9.78 Å². The fourth-order valence-corrected chi connectivity index (χ4v) is 0.999. The first-order valence-corrected chi connectivity index (χ1v) is 3.70. The molecule has 0 aliphatic rings. The first-order valence-electron chi connectivity index (χ1n) is 3.70. The number of nitrogens with zero attached hydrogens (tertiary/aromatic N) is 2. The molecule has 66 valence electrons. The van der Waals surface area contributed by atoms with Gasteiger partial charge in [-0.15, -0.1) is 0 Å². The summed E-state index contributed by atoms with van der Waals surface area (Å²) < 4.78 is 6.35. The second-order valence-corrected chi connectivity index (χ2v) is 2.57. The van der Waals surface area contributed by atoms with Crippen LogP contribution in [0.2, 0.25) is 0 Å². The smallest absolute Gasteiger partial charge is 0.470 e. The lowest BCUT2D eigenvalue weighted by Crippen LogP contribution is -2.28. The summed E-state index contributed by atoms with van der Waals surface area (Å²) in [5.41, 5.74) is 1.09. The standard InChI is InChI=1S/C7H7BN2O3/c11-8(12)6-3-9-10(4-6)7-1-2-13-5-7/h1-5,11-12H. The molecule has 6 heteroatoms. The van der Waals surface area contributed by atoms with E-state index in [2.05, 4.69) is 5.10 Å². The van der Waals surface area contributed by atoms with Crippen molar-refractivity contribution in [1.29, 1.82) is 0 Å². The van der Waals surface area contributed by atoms with Gasteiger partial charge in [-0.3, -0.25) is 0 Å². The Bertz CT molecular complexity index is 382. The van der Waals surface area contributed by atoms with Gasteiger partial charge in [0.25, 0.3) is 0 Å². The molecule has 0 aliphatic heterocycles. The molecular formula is C7H7BN2O3. The van der Waals surface area contributed by atoms with E-state index in [1.807, 2.05) is 0 Å². The molecule has 0 unspecified atom stereocenters. The molecule has 0 amide bonds. The minimum atomic E-state index is -1.49. The van der Waals surface area contributed by atoms with E-state index in [9.17, 15) is 0 Å². The molecule has 0 saturated carbocycles. The van der Waals surface area contributed by atoms with E-state index in [4.69, 9.17) is 14.5 Å². The summed E-state index contributed by atoms with van der Waals surface area (Å²) in [6.07, 6.45) is 5.94. The van der Waals surface area contributed by atoms with E-state index in [0.717, 1.165) is 5.69 Å². The number of aromatic nitrogens is 2. The highest BCUT2D eigenvalue weighted by atomic mass is 16.4. The minimum Gasteiger partial charge on any atom is -0.470 e. The van der Waals surface area contributed by atoms with Gasteiger partial charge in [-0.2, -0.15) is 5.10 Å². The first kappa shape index (κ1) is 8.09. The Kier molecular flexibility index (Phi) is 1.92. The monoisotopic (exact) mass is 178 g/mol. The Balaban J connectivity index is 2.33. The molecule has 0 radical (unpaired) electrons. The van der Waals surface area contributed by atoms with E-state index in [0.29, 0.717) is 5.46 Å². The van der Waals surface area contributed by atoms with Crippen molar-refractivity contribution in [3.8, 4) is 5.69 Å². The van der Waals surface area contributed by atoms with Crippen LogP contribution >= 0.6 is 0 Å². The maximum absolute atomic E-state index is 8.81. The lowest BCUT2D eigenvalue weighted by atomic mass is 9.83. The number of hydrogen-bond donors (Lipinski definition) is 2. The highest BCUT2D eigenvalue weighted by Crippen LogP contribution is 2.04. The van der Waals surface area contributed by atoms with Gasteiger partial charge in [-0.25, -0.2) is 4.68 Å². The van der Waals surface area contributed by atoms with Gasteiger partial charge in [0.2, 0.25) is 0 Å². The van der Waals surface area contributed by atoms with Crippen LogP contribution in [-0.2, 0) is 0 Å². The van der Waals surface area contributed by atoms with Gasteiger partial charge in [-0.1, -0.05) is 0 Å².